The molecule has 94 valence electrons. The molecule has 4 nitrogen and oxygen atoms in total. The van der Waals surface area contributed by atoms with Gasteiger partial charge in [0.15, 0.2) is 0 Å². The highest BCUT2D eigenvalue weighted by atomic mass is 32.1. The molecule has 0 amide bonds. The third kappa shape index (κ3) is 3.30. The van der Waals surface area contributed by atoms with Crippen molar-refractivity contribution in [3.63, 3.8) is 0 Å². The maximum Gasteiger partial charge on any atom is 0.269 e. The Balaban J connectivity index is 1.94. The predicted octanol–water partition coefficient (Wildman–Crippen LogP) is 3.70. The summed E-state index contributed by atoms with van der Waals surface area (Å²) in [5.74, 6) is 0. The van der Waals surface area contributed by atoms with E-state index in [-0.39, 0.29) is 5.69 Å². The van der Waals surface area contributed by atoms with E-state index in [1.54, 1.807) is 23.5 Å². The Hall–Kier alpha value is -1.88. The second kappa shape index (κ2) is 5.64. The van der Waals surface area contributed by atoms with Crippen molar-refractivity contribution in [2.45, 2.75) is 19.4 Å². The van der Waals surface area contributed by atoms with Crippen molar-refractivity contribution in [2.24, 2.45) is 0 Å². The maximum atomic E-state index is 10.5. The molecule has 1 atom stereocenters. The molecule has 0 saturated carbocycles. The molecule has 5 heteroatoms. The van der Waals surface area contributed by atoms with E-state index in [1.807, 2.05) is 0 Å². The number of non-ortho nitro benzene ring substituents is 1. The minimum atomic E-state index is -0.390. The first kappa shape index (κ1) is 12.6. The number of thiophene rings is 1. The summed E-state index contributed by atoms with van der Waals surface area (Å²) in [5.41, 5.74) is 2.33. The largest absolute Gasteiger partial charge is 0.382 e. The monoisotopic (exact) mass is 262 g/mol. The van der Waals surface area contributed by atoms with Crippen molar-refractivity contribution in [3.8, 4) is 0 Å². The summed E-state index contributed by atoms with van der Waals surface area (Å²) in [7, 11) is 0. The molecule has 18 heavy (non-hydrogen) atoms. The van der Waals surface area contributed by atoms with Crippen molar-refractivity contribution in [1.82, 2.24) is 0 Å². The Morgan fingerprint density at radius 2 is 2.06 bits per heavy atom. The molecule has 0 aliphatic rings. The number of hydrogen-bond donors (Lipinski definition) is 1. The zero-order chi connectivity index (χ0) is 13.0. The standard InChI is InChI=1S/C13H14N2O2S/c1-10(8-11-6-7-18-9-11)14-12-2-4-13(5-3-12)15(16)17/h2-7,9-10,14H,8H2,1H3. The number of rotatable bonds is 5. The first-order valence-electron chi connectivity index (χ1n) is 5.67. The smallest absolute Gasteiger partial charge is 0.269 e. The van der Waals surface area contributed by atoms with Gasteiger partial charge in [-0.2, -0.15) is 11.3 Å². The predicted molar refractivity (Wildman–Crippen MR) is 74.2 cm³/mol. The molecule has 1 aromatic carbocycles. The average molecular weight is 262 g/mol. The van der Waals surface area contributed by atoms with Gasteiger partial charge < -0.3 is 5.32 Å². The van der Waals surface area contributed by atoms with Gasteiger partial charge in [-0.25, -0.2) is 0 Å². The van der Waals surface area contributed by atoms with Gasteiger partial charge in [0.25, 0.3) is 5.69 Å². The highest BCUT2D eigenvalue weighted by Crippen LogP contribution is 2.17. The molecule has 0 aliphatic carbocycles. The quantitative estimate of drug-likeness (QED) is 0.660. The van der Waals surface area contributed by atoms with Crippen LogP contribution in [-0.4, -0.2) is 11.0 Å². The summed E-state index contributed by atoms with van der Waals surface area (Å²) in [6.45, 7) is 2.10. The van der Waals surface area contributed by atoms with Crippen molar-refractivity contribution < 1.29 is 4.92 Å². The molecule has 0 radical (unpaired) electrons. The Bertz CT molecular complexity index is 508. The van der Waals surface area contributed by atoms with E-state index in [1.165, 1.54) is 17.7 Å². The van der Waals surface area contributed by atoms with Crippen LogP contribution in [-0.2, 0) is 6.42 Å². The molecule has 2 aromatic rings. The van der Waals surface area contributed by atoms with Crippen LogP contribution in [0.3, 0.4) is 0 Å². The van der Waals surface area contributed by atoms with Gasteiger partial charge in [-0.3, -0.25) is 10.1 Å². The molecule has 0 bridgehead atoms. The third-order valence-electron chi connectivity index (χ3n) is 2.61. The number of anilines is 1. The van der Waals surface area contributed by atoms with Gasteiger partial charge in [0.1, 0.15) is 0 Å². The molecule has 1 aromatic heterocycles. The number of nitrogens with one attached hydrogen (secondary N) is 1. The lowest BCUT2D eigenvalue weighted by atomic mass is 10.1. The van der Waals surface area contributed by atoms with Gasteiger partial charge >= 0.3 is 0 Å². The summed E-state index contributed by atoms with van der Waals surface area (Å²) in [6, 6.07) is 8.91. The number of benzene rings is 1. The van der Waals surface area contributed by atoms with E-state index in [9.17, 15) is 10.1 Å². The minimum Gasteiger partial charge on any atom is -0.382 e. The van der Waals surface area contributed by atoms with Crippen LogP contribution in [0.1, 0.15) is 12.5 Å². The Morgan fingerprint density at radius 3 is 2.61 bits per heavy atom. The van der Waals surface area contributed by atoms with E-state index in [4.69, 9.17) is 0 Å². The molecular formula is C13H14N2O2S. The minimum absolute atomic E-state index is 0.117. The zero-order valence-electron chi connectivity index (χ0n) is 10.00. The van der Waals surface area contributed by atoms with E-state index < -0.39 is 4.92 Å². The number of hydrogen-bond acceptors (Lipinski definition) is 4. The van der Waals surface area contributed by atoms with Gasteiger partial charge in [0.05, 0.1) is 4.92 Å². The molecule has 1 heterocycles. The van der Waals surface area contributed by atoms with E-state index >= 15 is 0 Å². The van der Waals surface area contributed by atoms with E-state index in [2.05, 4.69) is 29.1 Å². The summed E-state index contributed by atoms with van der Waals surface area (Å²) in [6.07, 6.45) is 0.945. The van der Waals surface area contributed by atoms with Crippen molar-refractivity contribution >= 4 is 22.7 Å². The van der Waals surface area contributed by atoms with Gasteiger partial charge in [0, 0.05) is 23.9 Å². The van der Waals surface area contributed by atoms with Crippen molar-refractivity contribution in [3.05, 3.63) is 56.8 Å². The highest BCUT2D eigenvalue weighted by Gasteiger charge is 2.06. The molecule has 0 spiro atoms. The Morgan fingerprint density at radius 1 is 1.33 bits per heavy atom. The fourth-order valence-corrected chi connectivity index (χ4v) is 2.46. The van der Waals surface area contributed by atoms with Crippen LogP contribution in [0.15, 0.2) is 41.1 Å². The third-order valence-corrected chi connectivity index (χ3v) is 3.35. The second-order valence-electron chi connectivity index (χ2n) is 4.19. The van der Waals surface area contributed by atoms with Crippen LogP contribution in [0, 0.1) is 10.1 Å². The van der Waals surface area contributed by atoms with Gasteiger partial charge in [-0.15, -0.1) is 0 Å². The molecule has 0 aliphatic heterocycles. The zero-order valence-corrected chi connectivity index (χ0v) is 10.8. The number of nitro groups is 1. The lowest BCUT2D eigenvalue weighted by Gasteiger charge is -2.14. The fourth-order valence-electron chi connectivity index (χ4n) is 1.78. The van der Waals surface area contributed by atoms with Crippen LogP contribution in [0.5, 0.6) is 0 Å². The number of nitro benzene ring substituents is 1. The molecule has 1 N–H and O–H groups in total. The second-order valence-corrected chi connectivity index (χ2v) is 4.97. The first-order chi connectivity index (χ1) is 8.65. The average Bonchev–Trinajstić information content (AvgIpc) is 2.82. The van der Waals surface area contributed by atoms with Gasteiger partial charge in [-0.1, -0.05) is 0 Å². The van der Waals surface area contributed by atoms with Gasteiger partial charge in [0.2, 0.25) is 0 Å². The molecule has 1 unspecified atom stereocenters. The van der Waals surface area contributed by atoms with Crippen LogP contribution >= 0.6 is 11.3 Å². The van der Waals surface area contributed by atoms with Crippen LogP contribution in [0.4, 0.5) is 11.4 Å². The van der Waals surface area contributed by atoms with E-state index in [0.29, 0.717) is 6.04 Å². The maximum absolute atomic E-state index is 10.5. The SMILES string of the molecule is CC(Cc1ccsc1)Nc1ccc([N+](=O)[O-])cc1. The summed E-state index contributed by atoms with van der Waals surface area (Å²) >= 11 is 1.69. The summed E-state index contributed by atoms with van der Waals surface area (Å²) in [4.78, 5) is 10.1. The Kier molecular flexibility index (Phi) is 3.94. The summed E-state index contributed by atoms with van der Waals surface area (Å²) in [5, 5.41) is 18.1. The molecule has 2 rings (SSSR count). The topological polar surface area (TPSA) is 55.2 Å². The molecule has 0 fully saturated rings. The fraction of sp³-hybridized carbons (Fsp3) is 0.231. The lowest BCUT2D eigenvalue weighted by Crippen LogP contribution is -2.17. The van der Waals surface area contributed by atoms with Gasteiger partial charge in [-0.05, 0) is 47.9 Å². The van der Waals surface area contributed by atoms with Crippen LogP contribution in [0.25, 0.3) is 0 Å². The van der Waals surface area contributed by atoms with Crippen LogP contribution in [0.2, 0.25) is 0 Å². The summed E-state index contributed by atoms with van der Waals surface area (Å²) < 4.78 is 0. The van der Waals surface area contributed by atoms with Crippen molar-refractivity contribution in [2.75, 3.05) is 5.32 Å². The Labute approximate surface area is 109 Å². The highest BCUT2D eigenvalue weighted by molar-refractivity contribution is 7.07. The lowest BCUT2D eigenvalue weighted by molar-refractivity contribution is -0.384. The molecular weight excluding hydrogens is 248 g/mol. The first-order valence-corrected chi connectivity index (χ1v) is 6.61. The molecule has 0 saturated heterocycles. The normalized spacial score (nSPS) is 12.1. The van der Waals surface area contributed by atoms with Crippen molar-refractivity contribution in [1.29, 1.82) is 0 Å². The number of nitrogens with zero attached hydrogens (tertiary/aromatic N) is 1. The van der Waals surface area contributed by atoms with E-state index in [0.717, 1.165) is 12.1 Å². The van der Waals surface area contributed by atoms with Crippen LogP contribution < -0.4 is 5.32 Å².